The molecule has 0 bridgehead atoms. The molecule has 1 atom stereocenters. The van der Waals surface area contributed by atoms with Crippen LogP contribution in [0.5, 0.6) is 0 Å². The molecule has 0 aromatic heterocycles. The predicted molar refractivity (Wildman–Crippen MR) is 71.2 cm³/mol. The van der Waals surface area contributed by atoms with Crippen LogP contribution in [-0.4, -0.2) is 38.9 Å². The second-order valence-corrected chi connectivity index (χ2v) is 6.63. The molecule has 19 heavy (non-hydrogen) atoms. The lowest BCUT2D eigenvalue weighted by Crippen LogP contribution is -2.43. The Hall–Kier alpha value is -1.15. The topological polar surface area (TPSA) is 102 Å². The van der Waals surface area contributed by atoms with Crippen LogP contribution >= 0.6 is 0 Å². The number of nitrogens with one attached hydrogen (secondary N) is 1. The van der Waals surface area contributed by atoms with Gasteiger partial charge in [-0.1, -0.05) is 6.07 Å². The molecule has 0 amide bonds. The first-order chi connectivity index (χ1) is 8.82. The van der Waals surface area contributed by atoms with Gasteiger partial charge in [-0.25, -0.2) is 13.1 Å². The van der Waals surface area contributed by atoms with E-state index in [1.54, 1.807) is 12.1 Å². The van der Waals surface area contributed by atoms with Crippen LogP contribution in [0.15, 0.2) is 23.1 Å². The number of hydrogen-bond donors (Lipinski definition) is 3. The van der Waals surface area contributed by atoms with E-state index < -0.39 is 15.6 Å². The molecular formula is C12H18N2O4S. The second kappa shape index (κ2) is 5.09. The van der Waals surface area contributed by atoms with Crippen LogP contribution in [0.3, 0.4) is 0 Å². The van der Waals surface area contributed by atoms with Gasteiger partial charge in [0.25, 0.3) is 0 Å². The highest BCUT2D eigenvalue weighted by Crippen LogP contribution is 2.21. The van der Waals surface area contributed by atoms with E-state index in [0.29, 0.717) is 13.0 Å². The molecule has 1 aromatic rings. The van der Waals surface area contributed by atoms with Crippen molar-refractivity contribution in [1.29, 1.82) is 0 Å². The lowest BCUT2D eigenvalue weighted by molar-refractivity contribution is 0.0314. The SMILES string of the molecule is Cc1ccc(S(=O)(=O)NCC2(O)CCOC2)c(N)c1. The molecule has 2 rings (SSSR count). The minimum absolute atomic E-state index is 0.0283. The molecule has 1 heterocycles. The molecular weight excluding hydrogens is 268 g/mol. The van der Waals surface area contributed by atoms with Crippen molar-refractivity contribution < 1.29 is 18.3 Å². The lowest BCUT2D eigenvalue weighted by Gasteiger charge is -2.21. The number of nitrogen functional groups attached to an aromatic ring is 1. The van der Waals surface area contributed by atoms with E-state index in [9.17, 15) is 13.5 Å². The number of rotatable bonds is 4. The summed E-state index contributed by atoms with van der Waals surface area (Å²) in [6.45, 7) is 2.32. The Balaban J connectivity index is 2.14. The highest BCUT2D eigenvalue weighted by molar-refractivity contribution is 7.89. The molecule has 0 aliphatic carbocycles. The molecule has 1 saturated heterocycles. The Morgan fingerprint density at radius 3 is 2.84 bits per heavy atom. The van der Waals surface area contributed by atoms with E-state index in [-0.39, 0.29) is 23.7 Å². The third kappa shape index (κ3) is 3.24. The van der Waals surface area contributed by atoms with Crippen LogP contribution in [0, 0.1) is 6.92 Å². The minimum atomic E-state index is -3.72. The quantitative estimate of drug-likeness (QED) is 0.677. The van der Waals surface area contributed by atoms with Gasteiger partial charge in [0.2, 0.25) is 10.0 Å². The fourth-order valence-electron chi connectivity index (χ4n) is 1.96. The van der Waals surface area contributed by atoms with Gasteiger partial charge in [-0.05, 0) is 24.6 Å². The van der Waals surface area contributed by atoms with Crippen LogP contribution in [0.25, 0.3) is 0 Å². The molecule has 106 valence electrons. The van der Waals surface area contributed by atoms with Crippen LogP contribution in [0.2, 0.25) is 0 Å². The van der Waals surface area contributed by atoms with Crippen molar-refractivity contribution in [3.63, 3.8) is 0 Å². The molecule has 1 aliphatic heterocycles. The molecule has 0 saturated carbocycles. The third-order valence-corrected chi connectivity index (χ3v) is 4.60. The summed E-state index contributed by atoms with van der Waals surface area (Å²) in [7, 11) is -3.72. The number of ether oxygens (including phenoxy) is 1. The molecule has 7 heteroatoms. The molecule has 0 radical (unpaired) electrons. The maximum Gasteiger partial charge on any atom is 0.242 e. The highest BCUT2D eigenvalue weighted by Gasteiger charge is 2.33. The number of sulfonamides is 1. The monoisotopic (exact) mass is 286 g/mol. The first-order valence-corrected chi connectivity index (χ1v) is 7.47. The zero-order valence-electron chi connectivity index (χ0n) is 10.7. The predicted octanol–water partition coefficient (Wildman–Crippen LogP) is 0.00692. The Kier molecular flexibility index (Phi) is 3.82. The van der Waals surface area contributed by atoms with Crippen LogP contribution in [0.4, 0.5) is 5.69 Å². The van der Waals surface area contributed by atoms with E-state index in [1.165, 1.54) is 6.07 Å². The fourth-order valence-corrected chi connectivity index (χ4v) is 3.19. The summed E-state index contributed by atoms with van der Waals surface area (Å²) >= 11 is 0. The average molecular weight is 286 g/mol. The Morgan fingerprint density at radius 2 is 2.26 bits per heavy atom. The van der Waals surface area contributed by atoms with E-state index in [2.05, 4.69) is 4.72 Å². The molecule has 6 nitrogen and oxygen atoms in total. The second-order valence-electron chi connectivity index (χ2n) is 4.89. The van der Waals surface area contributed by atoms with E-state index in [0.717, 1.165) is 5.56 Å². The van der Waals surface area contributed by atoms with Crippen molar-refractivity contribution in [3.8, 4) is 0 Å². The summed E-state index contributed by atoms with van der Waals surface area (Å²) in [5, 5.41) is 10.0. The highest BCUT2D eigenvalue weighted by atomic mass is 32.2. The summed E-state index contributed by atoms with van der Waals surface area (Å²) in [4.78, 5) is 0.0283. The number of aliphatic hydroxyl groups is 1. The van der Waals surface area contributed by atoms with Gasteiger partial charge in [0, 0.05) is 19.6 Å². The molecule has 1 unspecified atom stereocenters. The summed E-state index contributed by atoms with van der Waals surface area (Å²) in [6.07, 6.45) is 0.416. The lowest BCUT2D eigenvalue weighted by atomic mass is 10.1. The van der Waals surface area contributed by atoms with Gasteiger partial charge < -0.3 is 15.6 Å². The van der Waals surface area contributed by atoms with Crippen LogP contribution < -0.4 is 10.5 Å². The smallest absolute Gasteiger partial charge is 0.242 e. The minimum Gasteiger partial charge on any atom is -0.398 e. The van der Waals surface area contributed by atoms with Gasteiger partial charge in [-0.15, -0.1) is 0 Å². The number of nitrogens with two attached hydrogens (primary N) is 1. The van der Waals surface area contributed by atoms with Gasteiger partial charge in [-0.2, -0.15) is 0 Å². The van der Waals surface area contributed by atoms with Crippen molar-refractivity contribution in [2.24, 2.45) is 0 Å². The van der Waals surface area contributed by atoms with Crippen molar-refractivity contribution >= 4 is 15.7 Å². The summed E-state index contributed by atoms with van der Waals surface area (Å²) < 4.78 is 31.7. The van der Waals surface area contributed by atoms with Gasteiger partial charge in [0.1, 0.15) is 10.5 Å². The molecule has 4 N–H and O–H groups in total. The van der Waals surface area contributed by atoms with E-state index in [1.807, 2.05) is 6.92 Å². The van der Waals surface area contributed by atoms with Gasteiger partial charge in [0.15, 0.2) is 0 Å². The first-order valence-electron chi connectivity index (χ1n) is 5.98. The molecule has 0 spiro atoms. The largest absolute Gasteiger partial charge is 0.398 e. The zero-order valence-corrected chi connectivity index (χ0v) is 11.5. The first kappa shape index (κ1) is 14.3. The van der Waals surface area contributed by atoms with Crippen LogP contribution in [-0.2, 0) is 14.8 Å². The van der Waals surface area contributed by atoms with Gasteiger partial charge in [0.05, 0.1) is 12.3 Å². The summed E-state index contributed by atoms with van der Waals surface area (Å²) in [6, 6.07) is 4.74. The van der Waals surface area contributed by atoms with Crippen molar-refractivity contribution in [2.45, 2.75) is 23.8 Å². The number of hydrogen-bond acceptors (Lipinski definition) is 5. The Bertz CT molecular complexity index is 565. The average Bonchev–Trinajstić information content (AvgIpc) is 2.74. The van der Waals surface area contributed by atoms with Gasteiger partial charge in [-0.3, -0.25) is 0 Å². The Morgan fingerprint density at radius 1 is 1.53 bits per heavy atom. The maximum atomic E-state index is 12.1. The molecule has 1 fully saturated rings. The van der Waals surface area contributed by atoms with Crippen LogP contribution in [0.1, 0.15) is 12.0 Å². The third-order valence-electron chi connectivity index (χ3n) is 3.13. The zero-order chi connectivity index (χ0) is 14.1. The Labute approximate surface area is 112 Å². The maximum absolute atomic E-state index is 12.1. The summed E-state index contributed by atoms with van der Waals surface area (Å²) in [5.74, 6) is 0. The van der Waals surface area contributed by atoms with Crippen molar-refractivity contribution in [2.75, 3.05) is 25.5 Å². The van der Waals surface area contributed by atoms with Gasteiger partial charge >= 0.3 is 0 Å². The van der Waals surface area contributed by atoms with Crippen molar-refractivity contribution in [1.82, 2.24) is 4.72 Å². The summed E-state index contributed by atoms with van der Waals surface area (Å²) in [5.41, 5.74) is 5.67. The standard InChI is InChI=1S/C12H18N2O4S/c1-9-2-3-11(10(13)6-9)19(16,17)14-7-12(15)4-5-18-8-12/h2-3,6,14-15H,4-5,7-8,13H2,1H3. The van der Waals surface area contributed by atoms with Crippen molar-refractivity contribution in [3.05, 3.63) is 23.8 Å². The molecule has 1 aromatic carbocycles. The molecule has 1 aliphatic rings. The van der Waals surface area contributed by atoms with E-state index in [4.69, 9.17) is 10.5 Å². The number of aryl methyl sites for hydroxylation is 1. The number of anilines is 1. The normalized spacial score (nSPS) is 23.7. The fraction of sp³-hybridized carbons (Fsp3) is 0.500. The number of benzene rings is 1. The van der Waals surface area contributed by atoms with E-state index >= 15 is 0 Å².